The van der Waals surface area contributed by atoms with Crippen molar-refractivity contribution in [1.29, 1.82) is 0 Å². The fourth-order valence-electron chi connectivity index (χ4n) is 1.68. The zero-order chi connectivity index (χ0) is 10.1. The van der Waals surface area contributed by atoms with E-state index in [-0.39, 0.29) is 12.6 Å². The number of rotatable bonds is 2. The molecule has 1 N–H and O–H groups in total. The van der Waals surface area contributed by atoms with E-state index in [4.69, 9.17) is 5.11 Å². The molecule has 0 aromatic carbocycles. The molecule has 1 unspecified atom stereocenters. The zero-order valence-electron chi connectivity index (χ0n) is 8.13. The van der Waals surface area contributed by atoms with Gasteiger partial charge in [0.15, 0.2) is 0 Å². The molecule has 0 aliphatic carbocycles. The fraction of sp³-hybridized carbons (Fsp3) is 1.00. The number of piperidine rings is 1. The second-order valence-electron chi connectivity index (χ2n) is 3.99. The Labute approximate surface area is 77.5 Å². The average molecular weight is 193 g/mol. The normalized spacial score (nSPS) is 29.5. The number of hydrogen-bond acceptors (Lipinski definition) is 2. The molecule has 1 heterocycles. The highest BCUT2D eigenvalue weighted by Gasteiger charge is 2.44. The quantitative estimate of drug-likeness (QED) is 0.715. The summed E-state index contributed by atoms with van der Waals surface area (Å²) in [7, 11) is 0. The Morgan fingerprint density at radius 2 is 2.15 bits per heavy atom. The summed E-state index contributed by atoms with van der Waals surface area (Å²) in [6, 6.07) is 0.158. The van der Waals surface area contributed by atoms with E-state index in [2.05, 4.69) is 0 Å². The lowest BCUT2D eigenvalue weighted by Crippen LogP contribution is -2.51. The van der Waals surface area contributed by atoms with Crippen molar-refractivity contribution in [3.05, 3.63) is 0 Å². The summed E-state index contributed by atoms with van der Waals surface area (Å²) in [6.07, 6.45) is 0.391. The molecule has 78 valence electrons. The van der Waals surface area contributed by atoms with Gasteiger partial charge in [0.2, 0.25) is 0 Å². The molecule has 1 aliphatic heterocycles. The van der Waals surface area contributed by atoms with Crippen LogP contribution in [0.1, 0.15) is 20.3 Å². The van der Waals surface area contributed by atoms with Crippen LogP contribution in [0, 0.1) is 5.92 Å². The van der Waals surface area contributed by atoms with E-state index in [1.807, 2.05) is 13.8 Å². The van der Waals surface area contributed by atoms with Crippen LogP contribution in [0.4, 0.5) is 8.78 Å². The molecule has 1 rings (SSSR count). The summed E-state index contributed by atoms with van der Waals surface area (Å²) in [5, 5.41) is 8.75. The van der Waals surface area contributed by atoms with Crippen LogP contribution in [-0.4, -0.2) is 41.7 Å². The average Bonchev–Trinajstić information content (AvgIpc) is 2.02. The van der Waals surface area contributed by atoms with Crippen molar-refractivity contribution in [3.8, 4) is 0 Å². The lowest BCUT2D eigenvalue weighted by atomic mass is 9.93. The molecule has 0 radical (unpaired) electrons. The summed E-state index contributed by atoms with van der Waals surface area (Å²) in [4.78, 5) is 1.76. The fourth-order valence-corrected chi connectivity index (χ4v) is 1.68. The Hall–Kier alpha value is -0.220. The summed E-state index contributed by atoms with van der Waals surface area (Å²) in [6.45, 7) is 3.87. The molecule has 0 spiro atoms. The largest absolute Gasteiger partial charge is 0.396 e. The number of likely N-dealkylation sites (tertiary alicyclic amines) is 1. The minimum absolute atomic E-state index is 0.158. The number of hydrogen-bond donors (Lipinski definition) is 1. The van der Waals surface area contributed by atoms with Crippen LogP contribution in [0.3, 0.4) is 0 Å². The Kier molecular flexibility index (Phi) is 3.24. The SMILES string of the molecule is CC(C)N1CCC(CO)C(F)(F)C1. The first-order chi connectivity index (χ1) is 5.97. The van der Waals surface area contributed by atoms with Gasteiger partial charge in [0.1, 0.15) is 0 Å². The number of nitrogens with zero attached hydrogens (tertiary/aromatic N) is 1. The molecule has 0 aromatic rings. The predicted octanol–water partition coefficient (Wildman–Crippen LogP) is 1.34. The minimum Gasteiger partial charge on any atom is -0.396 e. The number of aliphatic hydroxyl groups is 1. The number of aliphatic hydroxyl groups excluding tert-OH is 1. The number of alkyl halides is 2. The van der Waals surface area contributed by atoms with Crippen molar-refractivity contribution in [2.45, 2.75) is 32.2 Å². The van der Waals surface area contributed by atoms with E-state index in [0.717, 1.165) is 0 Å². The topological polar surface area (TPSA) is 23.5 Å². The zero-order valence-corrected chi connectivity index (χ0v) is 8.13. The van der Waals surface area contributed by atoms with Gasteiger partial charge in [-0.1, -0.05) is 0 Å². The molecule has 0 bridgehead atoms. The van der Waals surface area contributed by atoms with Crippen LogP contribution in [0.25, 0.3) is 0 Å². The molecule has 0 saturated carbocycles. The van der Waals surface area contributed by atoms with Crippen molar-refractivity contribution < 1.29 is 13.9 Å². The minimum atomic E-state index is -2.72. The molecule has 0 amide bonds. The molecule has 0 aromatic heterocycles. The van der Waals surface area contributed by atoms with Crippen LogP contribution >= 0.6 is 0 Å². The van der Waals surface area contributed by atoms with E-state index in [1.165, 1.54) is 0 Å². The second-order valence-corrected chi connectivity index (χ2v) is 3.99. The van der Waals surface area contributed by atoms with E-state index in [1.54, 1.807) is 4.90 Å². The van der Waals surface area contributed by atoms with Crippen molar-refractivity contribution in [2.75, 3.05) is 19.7 Å². The van der Waals surface area contributed by atoms with Gasteiger partial charge in [-0.3, -0.25) is 4.90 Å². The van der Waals surface area contributed by atoms with E-state index in [9.17, 15) is 8.78 Å². The highest BCUT2D eigenvalue weighted by Crippen LogP contribution is 2.33. The third-order valence-electron chi connectivity index (χ3n) is 2.73. The van der Waals surface area contributed by atoms with Gasteiger partial charge in [-0.15, -0.1) is 0 Å². The highest BCUT2D eigenvalue weighted by atomic mass is 19.3. The maximum absolute atomic E-state index is 13.3. The lowest BCUT2D eigenvalue weighted by molar-refractivity contribution is -0.129. The van der Waals surface area contributed by atoms with Crippen LogP contribution in [0.15, 0.2) is 0 Å². The lowest BCUT2D eigenvalue weighted by Gasteiger charge is -2.39. The Bertz CT molecular complexity index is 173. The number of halogens is 2. The Morgan fingerprint density at radius 3 is 2.54 bits per heavy atom. The molecule has 1 aliphatic rings. The first-order valence-corrected chi connectivity index (χ1v) is 4.70. The van der Waals surface area contributed by atoms with Crippen LogP contribution in [-0.2, 0) is 0 Å². The van der Waals surface area contributed by atoms with Crippen LogP contribution in [0.5, 0.6) is 0 Å². The third kappa shape index (κ3) is 2.38. The van der Waals surface area contributed by atoms with Crippen molar-refractivity contribution in [2.24, 2.45) is 5.92 Å². The Morgan fingerprint density at radius 1 is 1.54 bits per heavy atom. The van der Waals surface area contributed by atoms with Gasteiger partial charge < -0.3 is 5.11 Å². The molecule has 4 heteroatoms. The van der Waals surface area contributed by atoms with Crippen LogP contribution in [0.2, 0.25) is 0 Å². The van der Waals surface area contributed by atoms with Crippen LogP contribution < -0.4 is 0 Å². The van der Waals surface area contributed by atoms with Gasteiger partial charge in [0.05, 0.1) is 13.2 Å². The van der Waals surface area contributed by atoms with E-state index >= 15 is 0 Å². The second kappa shape index (κ2) is 3.88. The van der Waals surface area contributed by atoms with Gasteiger partial charge in [0, 0.05) is 12.0 Å². The van der Waals surface area contributed by atoms with Crippen molar-refractivity contribution >= 4 is 0 Å². The van der Waals surface area contributed by atoms with E-state index in [0.29, 0.717) is 13.0 Å². The molecule has 13 heavy (non-hydrogen) atoms. The summed E-state index contributed by atoms with van der Waals surface area (Å²) < 4.78 is 26.6. The maximum atomic E-state index is 13.3. The van der Waals surface area contributed by atoms with Gasteiger partial charge in [0.25, 0.3) is 5.92 Å². The predicted molar refractivity (Wildman–Crippen MR) is 46.8 cm³/mol. The molecule has 1 atom stereocenters. The first-order valence-electron chi connectivity index (χ1n) is 4.70. The van der Waals surface area contributed by atoms with Crippen molar-refractivity contribution in [3.63, 3.8) is 0 Å². The van der Waals surface area contributed by atoms with Crippen molar-refractivity contribution in [1.82, 2.24) is 4.90 Å². The standard InChI is InChI=1S/C9H17F2NO/c1-7(2)12-4-3-8(5-13)9(10,11)6-12/h7-8,13H,3-6H2,1-2H3. The molecule has 1 saturated heterocycles. The summed E-state index contributed by atoms with van der Waals surface area (Å²) >= 11 is 0. The molecular weight excluding hydrogens is 176 g/mol. The smallest absolute Gasteiger partial charge is 0.265 e. The summed E-state index contributed by atoms with van der Waals surface area (Å²) in [5.41, 5.74) is 0. The Balaban J connectivity index is 2.59. The summed E-state index contributed by atoms with van der Waals surface area (Å²) in [5.74, 6) is -3.57. The first kappa shape index (κ1) is 10.9. The van der Waals surface area contributed by atoms with E-state index < -0.39 is 18.4 Å². The molecule has 1 fully saturated rings. The van der Waals surface area contributed by atoms with Gasteiger partial charge in [-0.25, -0.2) is 8.78 Å². The molecular formula is C9H17F2NO. The van der Waals surface area contributed by atoms with Gasteiger partial charge in [-0.2, -0.15) is 0 Å². The monoisotopic (exact) mass is 193 g/mol. The highest BCUT2D eigenvalue weighted by molar-refractivity contribution is 4.87. The maximum Gasteiger partial charge on any atom is 0.265 e. The molecule has 2 nitrogen and oxygen atoms in total. The third-order valence-corrected chi connectivity index (χ3v) is 2.73. The van der Waals surface area contributed by atoms with Gasteiger partial charge in [-0.05, 0) is 26.8 Å². The van der Waals surface area contributed by atoms with Gasteiger partial charge >= 0.3 is 0 Å².